The van der Waals surface area contributed by atoms with Crippen molar-refractivity contribution < 1.29 is 4.42 Å². The summed E-state index contributed by atoms with van der Waals surface area (Å²) in [7, 11) is 0. The maximum absolute atomic E-state index is 12.0. The molecule has 3 aromatic rings. The van der Waals surface area contributed by atoms with E-state index in [2.05, 4.69) is 39.1 Å². The number of aromatic nitrogens is 3. The first-order valence-corrected chi connectivity index (χ1v) is 8.39. The van der Waals surface area contributed by atoms with Gasteiger partial charge in [0, 0.05) is 18.0 Å². The molecule has 24 heavy (non-hydrogen) atoms. The van der Waals surface area contributed by atoms with E-state index >= 15 is 0 Å². The fraction of sp³-hybridized carbons (Fsp3) is 0.389. The van der Waals surface area contributed by atoms with Gasteiger partial charge in [-0.1, -0.05) is 19.1 Å². The van der Waals surface area contributed by atoms with Crippen LogP contribution in [0.3, 0.4) is 0 Å². The second-order valence-electron chi connectivity index (χ2n) is 6.27. The molecule has 0 radical (unpaired) electrons. The highest BCUT2D eigenvalue weighted by Crippen LogP contribution is 2.32. The summed E-state index contributed by atoms with van der Waals surface area (Å²) in [6, 6.07) is 7.97. The highest BCUT2D eigenvalue weighted by atomic mass is 16.4. The number of hydrogen-bond donors (Lipinski definition) is 1. The lowest BCUT2D eigenvalue weighted by molar-refractivity contribution is 0.240. The van der Waals surface area contributed by atoms with Gasteiger partial charge in [-0.05, 0) is 43.0 Å². The molecule has 1 unspecified atom stereocenters. The molecule has 6 heteroatoms. The average Bonchev–Trinajstić information content (AvgIpc) is 3.25. The third-order valence-corrected chi connectivity index (χ3v) is 4.79. The van der Waals surface area contributed by atoms with Gasteiger partial charge < -0.3 is 4.42 Å². The van der Waals surface area contributed by atoms with Crippen LogP contribution in [-0.4, -0.2) is 26.6 Å². The summed E-state index contributed by atoms with van der Waals surface area (Å²) in [5.41, 5.74) is 2.56. The van der Waals surface area contributed by atoms with Gasteiger partial charge in [0.15, 0.2) is 0 Å². The highest BCUT2D eigenvalue weighted by Gasteiger charge is 2.28. The molecule has 3 heterocycles. The zero-order valence-electron chi connectivity index (χ0n) is 13.7. The number of rotatable bonds is 4. The Morgan fingerprint density at radius 1 is 1.38 bits per heavy atom. The predicted molar refractivity (Wildman–Crippen MR) is 90.6 cm³/mol. The van der Waals surface area contributed by atoms with Gasteiger partial charge >= 0.3 is 5.63 Å². The van der Waals surface area contributed by atoms with Crippen molar-refractivity contribution in [2.75, 3.05) is 6.54 Å². The van der Waals surface area contributed by atoms with Crippen LogP contribution in [0.4, 0.5) is 0 Å². The van der Waals surface area contributed by atoms with Crippen LogP contribution in [0.1, 0.15) is 42.8 Å². The first-order chi connectivity index (χ1) is 11.7. The molecule has 1 aliphatic heterocycles. The van der Waals surface area contributed by atoms with Gasteiger partial charge in [0.2, 0.25) is 0 Å². The van der Waals surface area contributed by atoms with Crippen LogP contribution in [0.15, 0.2) is 39.8 Å². The number of nitrogens with zero attached hydrogens (tertiary/aromatic N) is 3. The van der Waals surface area contributed by atoms with Gasteiger partial charge in [-0.3, -0.25) is 10.00 Å². The van der Waals surface area contributed by atoms with Crippen LogP contribution >= 0.6 is 0 Å². The van der Waals surface area contributed by atoms with E-state index in [4.69, 9.17) is 4.42 Å². The second-order valence-corrected chi connectivity index (χ2v) is 6.27. The van der Waals surface area contributed by atoms with Crippen LogP contribution < -0.4 is 5.63 Å². The van der Waals surface area contributed by atoms with E-state index in [1.165, 1.54) is 5.56 Å². The molecule has 1 atom stereocenters. The number of fused-ring (bicyclic) bond motifs is 1. The second kappa shape index (κ2) is 6.20. The van der Waals surface area contributed by atoms with Crippen molar-refractivity contribution in [2.45, 2.75) is 38.8 Å². The largest absolute Gasteiger partial charge is 0.423 e. The van der Waals surface area contributed by atoms with E-state index < -0.39 is 0 Å². The van der Waals surface area contributed by atoms with Gasteiger partial charge in [-0.2, -0.15) is 5.10 Å². The molecule has 0 bridgehead atoms. The summed E-state index contributed by atoms with van der Waals surface area (Å²) in [6.45, 7) is 3.79. The molecule has 1 fully saturated rings. The number of nitrogens with one attached hydrogen (secondary N) is 1. The Balaban J connectivity index is 1.70. The quantitative estimate of drug-likeness (QED) is 0.747. The Kier molecular flexibility index (Phi) is 3.90. The van der Waals surface area contributed by atoms with Crippen LogP contribution in [0.25, 0.3) is 11.0 Å². The normalized spacial score (nSPS) is 18.5. The molecule has 1 aromatic carbocycles. The molecule has 1 saturated heterocycles. The van der Waals surface area contributed by atoms with Gasteiger partial charge in [0.1, 0.15) is 17.7 Å². The zero-order chi connectivity index (χ0) is 16.5. The van der Waals surface area contributed by atoms with Crippen LogP contribution in [-0.2, 0) is 13.0 Å². The summed E-state index contributed by atoms with van der Waals surface area (Å²) in [5, 5.41) is 7.95. The summed E-state index contributed by atoms with van der Waals surface area (Å²) in [6.07, 6.45) is 4.63. The molecular weight excluding hydrogens is 304 g/mol. The van der Waals surface area contributed by atoms with E-state index in [9.17, 15) is 4.79 Å². The van der Waals surface area contributed by atoms with Crippen LogP contribution in [0.2, 0.25) is 0 Å². The molecular formula is C18H20N4O2. The topological polar surface area (TPSA) is 75.0 Å². The fourth-order valence-electron chi connectivity index (χ4n) is 3.54. The predicted octanol–water partition coefficient (Wildman–Crippen LogP) is 2.81. The lowest BCUT2D eigenvalue weighted by atomic mass is 10.1. The molecule has 0 saturated carbocycles. The minimum atomic E-state index is -0.291. The summed E-state index contributed by atoms with van der Waals surface area (Å²) in [4.78, 5) is 18.6. The van der Waals surface area contributed by atoms with E-state index in [0.717, 1.165) is 42.6 Å². The van der Waals surface area contributed by atoms with Crippen molar-refractivity contribution in [1.82, 2.24) is 20.1 Å². The maximum Gasteiger partial charge on any atom is 0.336 e. The van der Waals surface area contributed by atoms with E-state index in [0.29, 0.717) is 12.1 Å². The number of H-pyrrole nitrogens is 1. The van der Waals surface area contributed by atoms with Gasteiger partial charge in [-0.25, -0.2) is 9.78 Å². The highest BCUT2D eigenvalue weighted by molar-refractivity contribution is 5.80. The third kappa shape index (κ3) is 2.73. The van der Waals surface area contributed by atoms with E-state index in [1.807, 2.05) is 6.07 Å². The minimum absolute atomic E-state index is 0.227. The number of aryl methyl sites for hydroxylation is 1. The molecule has 0 amide bonds. The van der Waals surface area contributed by atoms with Crippen LogP contribution in [0, 0.1) is 0 Å². The van der Waals surface area contributed by atoms with Crippen molar-refractivity contribution in [1.29, 1.82) is 0 Å². The minimum Gasteiger partial charge on any atom is -0.423 e. The Labute approximate surface area is 139 Å². The first kappa shape index (κ1) is 15.1. The molecule has 2 aromatic heterocycles. The maximum atomic E-state index is 12.0. The fourth-order valence-corrected chi connectivity index (χ4v) is 3.54. The van der Waals surface area contributed by atoms with Crippen molar-refractivity contribution in [3.63, 3.8) is 0 Å². The first-order valence-electron chi connectivity index (χ1n) is 8.39. The third-order valence-electron chi connectivity index (χ3n) is 4.79. The Morgan fingerprint density at radius 2 is 2.29 bits per heavy atom. The number of benzene rings is 1. The average molecular weight is 324 g/mol. The lowest BCUT2D eigenvalue weighted by Crippen LogP contribution is -2.24. The van der Waals surface area contributed by atoms with Gasteiger partial charge in [0.05, 0.1) is 6.04 Å². The lowest BCUT2D eigenvalue weighted by Gasteiger charge is -2.23. The Morgan fingerprint density at radius 3 is 3.08 bits per heavy atom. The smallest absolute Gasteiger partial charge is 0.336 e. The summed E-state index contributed by atoms with van der Waals surface area (Å²) < 4.78 is 5.41. The van der Waals surface area contributed by atoms with E-state index in [1.54, 1.807) is 12.4 Å². The molecule has 0 aliphatic carbocycles. The van der Waals surface area contributed by atoms with E-state index in [-0.39, 0.29) is 11.7 Å². The van der Waals surface area contributed by atoms with Crippen LogP contribution in [0.5, 0.6) is 0 Å². The molecule has 1 N–H and O–H groups in total. The number of aromatic amines is 1. The SMILES string of the molecule is CCc1ccc2c(CN3CCCC3c3ncn[nH]3)cc(=O)oc2c1. The standard InChI is InChI=1S/C18H20N4O2/c1-2-12-5-6-14-13(9-17(23)24-16(14)8-12)10-22-7-3-4-15(22)18-19-11-20-21-18/h5-6,8-9,11,15H,2-4,7,10H2,1H3,(H,19,20,21). The number of likely N-dealkylation sites (tertiary alicyclic amines) is 1. The van der Waals surface area contributed by atoms with Gasteiger partial charge in [-0.15, -0.1) is 0 Å². The molecule has 4 rings (SSSR count). The Bertz CT molecular complexity index is 901. The summed E-state index contributed by atoms with van der Waals surface area (Å²) in [5.74, 6) is 0.896. The molecule has 1 aliphatic rings. The zero-order valence-corrected chi connectivity index (χ0v) is 13.7. The summed E-state index contributed by atoms with van der Waals surface area (Å²) >= 11 is 0. The molecule has 0 spiro atoms. The number of hydrogen-bond acceptors (Lipinski definition) is 5. The monoisotopic (exact) mass is 324 g/mol. The van der Waals surface area contributed by atoms with Crippen molar-refractivity contribution in [3.8, 4) is 0 Å². The molecule has 6 nitrogen and oxygen atoms in total. The van der Waals surface area contributed by atoms with Crippen molar-refractivity contribution >= 4 is 11.0 Å². The van der Waals surface area contributed by atoms with Gasteiger partial charge in [0.25, 0.3) is 0 Å². The molecule has 124 valence electrons. The van der Waals surface area contributed by atoms with Crippen molar-refractivity contribution in [3.05, 3.63) is 58.0 Å². The Hall–Kier alpha value is -2.47. The van der Waals surface area contributed by atoms with Crippen molar-refractivity contribution in [2.24, 2.45) is 0 Å².